The summed E-state index contributed by atoms with van der Waals surface area (Å²) in [6.07, 6.45) is 0.849. The quantitative estimate of drug-likeness (QED) is 0.910. The maximum atomic E-state index is 12.4. The molecule has 4 nitrogen and oxygen atoms in total. The summed E-state index contributed by atoms with van der Waals surface area (Å²) < 4.78 is 0. The lowest BCUT2D eigenvalue weighted by molar-refractivity contribution is -0.115. The maximum Gasteiger partial charge on any atom is 0.243 e. The van der Waals surface area contributed by atoms with Gasteiger partial charge in [0.1, 0.15) is 0 Å². The van der Waals surface area contributed by atoms with Gasteiger partial charge in [0.15, 0.2) is 0 Å². The lowest BCUT2D eigenvalue weighted by Crippen LogP contribution is -2.46. The molecule has 0 spiro atoms. The van der Waals surface area contributed by atoms with Gasteiger partial charge in [0.05, 0.1) is 6.54 Å². The van der Waals surface area contributed by atoms with Gasteiger partial charge in [-0.1, -0.05) is 35.9 Å². The number of para-hydroxylation sites is 1. The summed E-state index contributed by atoms with van der Waals surface area (Å²) in [7, 11) is 0. The molecule has 3 N–H and O–H groups in total. The van der Waals surface area contributed by atoms with Crippen molar-refractivity contribution in [1.82, 2.24) is 0 Å². The molecule has 1 amide bonds. The highest BCUT2D eigenvalue weighted by Gasteiger charge is 2.23. The first kappa shape index (κ1) is 15.8. The van der Waals surface area contributed by atoms with Crippen LogP contribution in [0.2, 0.25) is 5.02 Å². The summed E-state index contributed by atoms with van der Waals surface area (Å²) in [5.41, 5.74) is 10.1. The van der Waals surface area contributed by atoms with Crippen LogP contribution in [-0.4, -0.2) is 25.0 Å². The van der Waals surface area contributed by atoms with Crippen molar-refractivity contribution in [3.8, 4) is 0 Å². The molecule has 0 radical (unpaired) electrons. The first-order chi connectivity index (χ1) is 11.0. The highest BCUT2D eigenvalue weighted by atomic mass is 35.5. The zero-order chi connectivity index (χ0) is 16.4. The molecule has 0 aromatic heterocycles. The Balaban J connectivity index is 1.71. The molecule has 5 heteroatoms. The van der Waals surface area contributed by atoms with Gasteiger partial charge < -0.3 is 16.0 Å². The van der Waals surface area contributed by atoms with E-state index in [4.69, 9.17) is 17.3 Å². The van der Waals surface area contributed by atoms with E-state index in [1.807, 2.05) is 42.2 Å². The number of hydrogen-bond donors (Lipinski definition) is 2. The molecule has 23 heavy (non-hydrogen) atoms. The number of fused-ring (bicyclic) bond motifs is 1. The van der Waals surface area contributed by atoms with Crippen LogP contribution in [0.5, 0.6) is 0 Å². The highest BCUT2D eigenvalue weighted by Crippen LogP contribution is 2.26. The van der Waals surface area contributed by atoms with Crippen LogP contribution in [0.4, 0.5) is 11.4 Å². The lowest BCUT2D eigenvalue weighted by atomic mass is 9.98. The van der Waals surface area contributed by atoms with E-state index < -0.39 is 0 Å². The van der Waals surface area contributed by atoms with Crippen LogP contribution in [0.25, 0.3) is 0 Å². The average Bonchev–Trinajstić information content (AvgIpc) is 2.51. The van der Waals surface area contributed by atoms with E-state index in [1.165, 1.54) is 5.56 Å². The number of nitrogens with zero attached hydrogens (tertiary/aromatic N) is 1. The fraction of sp³-hybridized carbons (Fsp3) is 0.278. The number of carbonyl (C=O) groups excluding carboxylic acids is 1. The number of nitrogens with one attached hydrogen (secondary N) is 1. The minimum absolute atomic E-state index is 0.0477. The summed E-state index contributed by atoms with van der Waals surface area (Å²) in [4.78, 5) is 14.4. The van der Waals surface area contributed by atoms with Crippen LogP contribution < -0.4 is 16.0 Å². The number of nitrogens with two attached hydrogens (primary N) is 1. The molecular weight excluding hydrogens is 310 g/mol. The van der Waals surface area contributed by atoms with Crippen molar-refractivity contribution < 1.29 is 4.79 Å². The smallest absolute Gasteiger partial charge is 0.243 e. The molecule has 120 valence electrons. The Labute approximate surface area is 141 Å². The Morgan fingerprint density at radius 3 is 2.91 bits per heavy atom. The number of aryl methyl sites for hydroxylation is 1. The van der Waals surface area contributed by atoms with Crippen molar-refractivity contribution in [3.05, 3.63) is 58.6 Å². The first-order valence-corrected chi connectivity index (χ1v) is 8.05. The van der Waals surface area contributed by atoms with Gasteiger partial charge in [-0.15, -0.1) is 0 Å². The fourth-order valence-electron chi connectivity index (χ4n) is 2.91. The molecule has 1 atom stereocenters. The van der Waals surface area contributed by atoms with Crippen LogP contribution in [0.1, 0.15) is 11.1 Å². The van der Waals surface area contributed by atoms with Crippen LogP contribution >= 0.6 is 11.6 Å². The van der Waals surface area contributed by atoms with E-state index in [0.29, 0.717) is 17.3 Å². The molecular formula is C18H20ClN3O. The Hall–Kier alpha value is -2.04. The monoisotopic (exact) mass is 329 g/mol. The molecule has 2 aromatic rings. The Kier molecular flexibility index (Phi) is 4.55. The van der Waals surface area contributed by atoms with E-state index in [9.17, 15) is 4.79 Å². The summed E-state index contributed by atoms with van der Waals surface area (Å²) in [5, 5.41) is 3.54. The van der Waals surface area contributed by atoms with Crippen molar-refractivity contribution in [2.24, 2.45) is 5.73 Å². The van der Waals surface area contributed by atoms with Gasteiger partial charge in [-0.25, -0.2) is 0 Å². The number of rotatable bonds is 3. The van der Waals surface area contributed by atoms with Crippen molar-refractivity contribution in [1.29, 1.82) is 0 Å². The molecule has 1 aliphatic rings. The van der Waals surface area contributed by atoms with Gasteiger partial charge >= 0.3 is 0 Å². The standard InChI is InChI=1S/C18H20ClN3O/c1-12-6-7-15(9-16(12)19)21-18(23)11-22-10-14(20)8-13-4-2-3-5-17(13)22/h2-7,9,14H,8,10-11,20H2,1H3,(H,21,23). The van der Waals surface area contributed by atoms with Gasteiger partial charge in [-0.3, -0.25) is 4.79 Å². The Morgan fingerprint density at radius 1 is 1.35 bits per heavy atom. The summed E-state index contributed by atoms with van der Waals surface area (Å²) in [6, 6.07) is 13.7. The van der Waals surface area contributed by atoms with Crippen molar-refractivity contribution in [2.45, 2.75) is 19.4 Å². The second-order valence-electron chi connectivity index (χ2n) is 5.99. The van der Waals surface area contributed by atoms with Crippen molar-refractivity contribution in [3.63, 3.8) is 0 Å². The van der Waals surface area contributed by atoms with E-state index >= 15 is 0 Å². The summed E-state index contributed by atoms with van der Waals surface area (Å²) in [6.45, 7) is 2.88. The normalized spacial score (nSPS) is 16.8. The third-order valence-electron chi connectivity index (χ3n) is 4.06. The van der Waals surface area contributed by atoms with Gasteiger partial charge in [0.25, 0.3) is 0 Å². The van der Waals surface area contributed by atoms with Crippen molar-refractivity contribution in [2.75, 3.05) is 23.3 Å². The largest absolute Gasteiger partial charge is 0.360 e. The molecule has 2 aromatic carbocycles. The minimum atomic E-state index is -0.0752. The molecule has 0 saturated carbocycles. The summed E-state index contributed by atoms with van der Waals surface area (Å²) >= 11 is 6.10. The third-order valence-corrected chi connectivity index (χ3v) is 4.47. The minimum Gasteiger partial charge on any atom is -0.360 e. The Bertz CT molecular complexity index is 732. The molecule has 0 saturated heterocycles. The lowest BCUT2D eigenvalue weighted by Gasteiger charge is -2.34. The zero-order valence-electron chi connectivity index (χ0n) is 13.1. The molecule has 0 fully saturated rings. The predicted octanol–water partition coefficient (Wildman–Crippen LogP) is 2.98. The van der Waals surface area contributed by atoms with Gasteiger partial charge in [0, 0.05) is 29.0 Å². The van der Waals surface area contributed by atoms with Crippen molar-refractivity contribution >= 4 is 28.9 Å². The van der Waals surface area contributed by atoms with Gasteiger partial charge in [0.2, 0.25) is 5.91 Å². The highest BCUT2D eigenvalue weighted by molar-refractivity contribution is 6.31. The molecule has 0 bridgehead atoms. The molecule has 1 aliphatic heterocycles. The van der Waals surface area contributed by atoms with E-state index in [0.717, 1.165) is 17.7 Å². The number of benzene rings is 2. The van der Waals surface area contributed by atoms with Crippen LogP contribution in [0.3, 0.4) is 0 Å². The zero-order valence-corrected chi connectivity index (χ0v) is 13.8. The molecule has 0 aliphatic carbocycles. The third kappa shape index (κ3) is 3.66. The average molecular weight is 330 g/mol. The molecule has 1 heterocycles. The number of carbonyl (C=O) groups is 1. The predicted molar refractivity (Wildman–Crippen MR) is 95.2 cm³/mol. The number of amides is 1. The van der Waals surface area contributed by atoms with E-state index in [2.05, 4.69) is 11.4 Å². The summed E-state index contributed by atoms with van der Waals surface area (Å²) in [5.74, 6) is -0.0752. The maximum absolute atomic E-state index is 12.4. The van der Waals surface area contributed by atoms with Crippen LogP contribution in [0.15, 0.2) is 42.5 Å². The van der Waals surface area contributed by atoms with Gasteiger partial charge in [-0.2, -0.15) is 0 Å². The topological polar surface area (TPSA) is 58.4 Å². The van der Waals surface area contributed by atoms with Crippen LogP contribution in [-0.2, 0) is 11.2 Å². The SMILES string of the molecule is Cc1ccc(NC(=O)CN2CC(N)Cc3ccccc32)cc1Cl. The fourth-order valence-corrected chi connectivity index (χ4v) is 3.10. The second kappa shape index (κ2) is 6.60. The second-order valence-corrected chi connectivity index (χ2v) is 6.39. The van der Waals surface area contributed by atoms with Gasteiger partial charge in [-0.05, 0) is 42.7 Å². The van der Waals surface area contributed by atoms with Crippen LogP contribution in [0, 0.1) is 6.92 Å². The van der Waals surface area contributed by atoms with E-state index in [1.54, 1.807) is 6.07 Å². The number of halogens is 1. The molecule has 1 unspecified atom stereocenters. The first-order valence-electron chi connectivity index (χ1n) is 7.67. The molecule has 3 rings (SSSR count). The van der Waals surface area contributed by atoms with E-state index in [-0.39, 0.29) is 18.5 Å². The Morgan fingerprint density at radius 2 is 2.13 bits per heavy atom. The number of hydrogen-bond acceptors (Lipinski definition) is 3. The number of anilines is 2.